The smallest absolute Gasteiger partial charge is 0.00205 e. The molecule has 0 saturated heterocycles. The molecule has 1 fully saturated rings. The van der Waals surface area contributed by atoms with E-state index in [9.17, 15) is 0 Å². The zero-order chi connectivity index (χ0) is 13.8. The summed E-state index contributed by atoms with van der Waals surface area (Å²) in [7, 11) is 0. The van der Waals surface area contributed by atoms with E-state index in [4.69, 9.17) is 0 Å². The first kappa shape index (κ1) is 17.0. The van der Waals surface area contributed by atoms with Crippen LogP contribution in [0.3, 0.4) is 0 Å². The summed E-state index contributed by atoms with van der Waals surface area (Å²) >= 11 is 0. The lowest BCUT2D eigenvalue weighted by atomic mass is 10.1. The van der Waals surface area contributed by atoms with Crippen molar-refractivity contribution in [1.29, 1.82) is 0 Å². The van der Waals surface area contributed by atoms with Crippen LogP contribution in [0.15, 0.2) is 0 Å². The fourth-order valence-electron chi connectivity index (χ4n) is 2.90. The van der Waals surface area contributed by atoms with Gasteiger partial charge in [-0.05, 0) is 44.2 Å². The largest absolute Gasteiger partial charge is 0.316 e. The number of rotatable bonds is 14. The number of hydrogen-bond donors (Lipinski definition) is 1. The monoisotopic (exact) mass is 267 g/mol. The molecule has 0 aromatic carbocycles. The first-order valence-electron chi connectivity index (χ1n) is 9.05. The van der Waals surface area contributed by atoms with Gasteiger partial charge in [0.05, 0.1) is 0 Å². The van der Waals surface area contributed by atoms with Crippen LogP contribution in [0.1, 0.15) is 90.9 Å². The predicted molar refractivity (Wildman–Crippen MR) is 86.6 cm³/mol. The molecule has 1 heteroatoms. The molecule has 0 bridgehead atoms. The minimum atomic E-state index is 0.920. The van der Waals surface area contributed by atoms with Crippen molar-refractivity contribution < 1.29 is 0 Å². The zero-order valence-electron chi connectivity index (χ0n) is 13.6. The van der Waals surface area contributed by atoms with Gasteiger partial charge in [-0.2, -0.15) is 0 Å². The normalized spacial score (nSPS) is 16.7. The van der Waals surface area contributed by atoms with Gasteiger partial charge in [0.1, 0.15) is 0 Å². The Kier molecular flexibility index (Phi) is 10.5. The molecule has 19 heavy (non-hydrogen) atoms. The number of nitrogens with one attached hydrogen (secondary N) is 1. The standard InChI is InChI=1S/C18H37N/c1-3-4-5-6-7-8-9-10-11-12-15-19-16-17(2)18-13-14-18/h17-19H,3-16H2,1-2H3. The van der Waals surface area contributed by atoms with Crippen molar-refractivity contribution in [3.63, 3.8) is 0 Å². The summed E-state index contributed by atoms with van der Waals surface area (Å²) < 4.78 is 0. The van der Waals surface area contributed by atoms with Gasteiger partial charge in [-0.3, -0.25) is 0 Å². The van der Waals surface area contributed by atoms with Crippen LogP contribution in [0.25, 0.3) is 0 Å². The topological polar surface area (TPSA) is 12.0 Å². The highest BCUT2D eigenvalue weighted by atomic mass is 14.9. The second kappa shape index (κ2) is 11.8. The molecule has 0 heterocycles. The second-order valence-corrected chi connectivity index (χ2v) is 6.70. The summed E-state index contributed by atoms with van der Waals surface area (Å²) in [5.74, 6) is 1.98. The Bertz CT molecular complexity index is 186. The fraction of sp³-hybridized carbons (Fsp3) is 1.00. The van der Waals surface area contributed by atoms with Gasteiger partial charge in [-0.25, -0.2) is 0 Å². The molecule has 1 nitrogen and oxygen atoms in total. The molecular weight excluding hydrogens is 230 g/mol. The predicted octanol–water partition coefficient (Wildman–Crippen LogP) is 5.54. The van der Waals surface area contributed by atoms with E-state index >= 15 is 0 Å². The van der Waals surface area contributed by atoms with E-state index in [2.05, 4.69) is 19.2 Å². The second-order valence-electron chi connectivity index (χ2n) is 6.70. The third-order valence-corrected chi connectivity index (χ3v) is 4.60. The van der Waals surface area contributed by atoms with Crippen molar-refractivity contribution >= 4 is 0 Å². The van der Waals surface area contributed by atoms with E-state index < -0.39 is 0 Å². The van der Waals surface area contributed by atoms with Crippen LogP contribution in [0.2, 0.25) is 0 Å². The van der Waals surface area contributed by atoms with Gasteiger partial charge in [-0.1, -0.05) is 71.6 Å². The molecule has 114 valence electrons. The van der Waals surface area contributed by atoms with E-state index in [-0.39, 0.29) is 0 Å². The summed E-state index contributed by atoms with van der Waals surface area (Å²) in [5, 5.41) is 3.63. The van der Waals surface area contributed by atoms with Gasteiger partial charge in [0.25, 0.3) is 0 Å². The molecule has 1 N–H and O–H groups in total. The molecular formula is C18H37N. The first-order chi connectivity index (χ1) is 9.34. The van der Waals surface area contributed by atoms with E-state index in [1.165, 1.54) is 90.1 Å². The minimum Gasteiger partial charge on any atom is -0.316 e. The Hall–Kier alpha value is -0.0400. The van der Waals surface area contributed by atoms with E-state index in [1.807, 2.05) is 0 Å². The molecule has 0 aromatic heterocycles. The molecule has 0 aliphatic heterocycles. The molecule has 1 aliphatic carbocycles. The number of unbranched alkanes of at least 4 members (excludes halogenated alkanes) is 9. The molecule has 1 atom stereocenters. The van der Waals surface area contributed by atoms with E-state index in [0.717, 1.165) is 11.8 Å². The van der Waals surface area contributed by atoms with Crippen molar-refractivity contribution in [2.24, 2.45) is 11.8 Å². The Balaban J connectivity index is 1.67. The maximum absolute atomic E-state index is 3.63. The lowest BCUT2D eigenvalue weighted by molar-refractivity contribution is 0.453. The van der Waals surface area contributed by atoms with Crippen molar-refractivity contribution in [3.8, 4) is 0 Å². The van der Waals surface area contributed by atoms with Crippen LogP contribution in [0.5, 0.6) is 0 Å². The summed E-state index contributed by atoms with van der Waals surface area (Å²) in [6.45, 7) is 7.19. The molecule has 0 radical (unpaired) electrons. The molecule has 1 saturated carbocycles. The lowest BCUT2D eigenvalue weighted by Crippen LogP contribution is -2.23. The highest BCUT2D eigenvalue weighted by molar-refractivity contribution is 4.79. The highest BCUT2D eigenvalue weighted by Gasteiger charge is 2.27. The summed E-state index contributed by atoms with van der Waals surface area (Å²) in [6, 6.07) is 0. The van der Waals surface area contributed by atoms with Gasteiger partial charge in [0.15, 0.2) is 0 Å². The highest BCUT2D eigenvalue weighted by Crippen LogP contribution is 2.35. The Morgan fingerprint density at radius 2 is 1.37 bits per heavy atom. The molecule has 0 spiro atoms. The van der Waals surface area contributed by atoms with Crippen molar-refractivity contribution in [1.82, 2.24) is 5.32 Å². The third kappa shape index (κ3) is 10.4. The quantitative estimate of drug-likeness (QED) is 0.407. The van der Waals surface area contributed by atoms with Crippen molar-refractivity contribution in [2.45, 2.75) is 90.9 Å². The van der Waals surface area contributed by atoms with Gasteiger partial charge in [0, 0.05) is 0 Å². The SMILES string of the molecule is CCCCCCCCCCCCNCC(C)C1CC1. The molecule has 1 aliphatic rings. The van der Waals surface area contributed by atoms with Crippen molar-refractivity contribution in [2.75, 3.05) is 13.1 Å². The maximum atomic E-state index is 3.63. The van der Waals surface area contributed by atoms with Crippen LogP contribution >= 0.6 is 0 Å². The zero-order valence-corrected chi connectivity index (χ0v) is 13.6. The Labute approximate surface area is 121 Å². The summed E-state index contributed by atoms with van der Waals surface area (Å²) in [4.78, 5) is 0. The Morgan fingerprint density at radius 1 is 0.842 bits per heavy atom. The summed E-state index contributed by atoms with van der Waals surface area (Å²) in [5.41, 5.74) is 0. The van der Waals surface area contributed by atoms with Crippen LogP contribution in [0.4, 0.5) is 0 Å². The average molecular weight is 268 g/mol. The van der Waals surface area contributed by atoms with E-state index in [0.29, 0.717) is 0 Å². The van der Waals surface area contributed by atoms with Crippen LogP contribution < -0.4 is 5.32 Å². The van der Waals surface area contributed by atoms with E-state index in [1.54, 1.807) is 0 Å². The van der Waals surface area contributed by atoms with Crippen LogP contribution in [0, 0.1) is 11.8 Å². The molecule has 0 aromatic rings. The first-order valence-corrected chi connectivity index (χ1v) is 9.05. The lowest BCUT2D eigenvalue weighted by Gasteiger charge is -2.11. The summed E-state index contributed by atoms with van der Waals surface area (Å²) in [6.07, 6.45) is 17.4. The van der Waals surface area contributed by atoms with Gasteiger partial charge in [-0.15, -0.1) is 0 Å². The van der Waals surface area contributed by atoms with Gasteiger partial charge in [0.2, 0.25) is 0 Å². The minimum absolute atomic E-state index is 0.920. The number of hydrogen-bond acceptors (Lipinski definition) is 1. The van der Waals surface area contributed by atoms with Gasteiger partial charge < -0.3 is 5.32 Å². The van der Waals surface area contributed by atoms with Crippen molar-refractivity contribution in [3.05, 3.63) is 0 Å². The maximum Gasteiger partial charge on any atom is -0.00205 e. The molecule has 1 rings (SSSR count). The molecule has 0 amide bonds. The van der Waals surface area contributed by atoms with Crippen LogP contribution in [-0.2, 0) is 0 Å². The average Bonchev–Trinajstić information content (AvgIpc) is 3.24. The van der Waals surface area contributed by atoms with Gasteiger partial charge >= 0.3 is 0 Å². The third-order valence-electron chi connectivity index (χ3n) is 4.60. The molecule has 1 unspecified atom stereocenters. The van der Waals surface area contributed by atoms with Crippen LogP contribution in [-0.4, -0.2) is 13.1 Å². The fourth-order valence-corrected chi connectivity index (χ4v) is 2.90. The Morgan fingerprint density at radius 3 is 1.89 bits per heavy atom.